The van der Waals surface area contributed by atoms with Crippen LogP contribution < -0.4 is 5.32 Å². The Morgan fingerprint density at radius 3 is 2.61 bits per heavy atom. The van der Waals surface area contributed by atoms with Crippen LogP contribution in [0.2, 0.25) is 0 Å². The van der Waals surface area contributed by atoms with Crippen molar-refractivity contribution in [1.29, 1.82) is 0 Å². The van der Waals surface area contributed by atoms with Crippen LogP contribution in [-0.4, -0.2) is 21.9 Å². The molecular formula is C14H15NO3. The van der Waals surface area contributed by atoms with Crippen LogP contribution in [0.4, 0.5) is 0 Å². The summed E-state index contributed by atoms with van der Waals surface area (Å²) in [5.74, 6) is -2.43. The number of rotatable bonds is 2. The molecule has 0 radical (unpaired) electrons. The Balaban J connectivity index is 2.17. The molecule has 4 heteroatoms. The highest BCUT2D eigenvalue weighted by Crippen LogP contribution is 2.22. The average Bonchev–Trinajstić information content (AvgIpc) is 2.35. The number of aliphatic hydroxyl groups is 2. The van der Waals surface area contributed by atoms with E-state index < -0.39 is 5.79 Å². The highest BCUT2D eigenvalue weighted by atomic mass is 16.5. The minimum absolute atomic E-state index is 0.0449. The molecule has 94 valence electrons. The molecule has 18 heavy (non-hydrogen) atoms. The molecule has 0 bridgehead atoms. The first-order chi connectivity index (χ1) is 8.49. The molecule has 2 rings (SSSR count). The van der Waals surface area contributed by atoms with E-state index in [0.717, 1.165) is 0 Å². The van der Waals surface area contributed by atoms with Gasteiger partial charge in [-0.3, -0.25) is 4.79 Å². The SMILES string of the molecule is CC1C=CC(O)(O)C(NC(=O)c2ccccc2)=C1. The molecule has 0 spiro atoms. The van der Waals surface area contributed by atoms with E-state index >= 15 is 0 Å². The van der Waals surface area contributed by atoms with Gasteiger partial charge in [0.2, 0.25) is 5.79 Å². The number of carbonyl (C=O) groups is 1. The molecule has 0 saturated carbocycles. The Morgan fingerprint density at radius 2 is 1.94 bits per heavy atom. The van der Waals surface area contributed by atoms with Crippen LogP contribution in [-0.2, 0) is 0 Å². The van der Waals surface area contributed by atoms with E-state index in [9.17, 15) is 15.0 Å². The van der Waals surface area contributed by atoms with Gasteiger partial charge in [-0.1, -0.05) is 37.3 Å². The van der Waals surface area contributed by atoms with Crippen LogP contribution >= 0.6 is 0 Å². The molecule has 0 fully saturated rings. The molecule has 0 aromatic heterocycles. The second kappa shape index (κ2) is 4.76. The summed E-state index contributed by atoms with van der Waals surface area (Å²) in [7, 11) is 0. The molecule has 1 aromatic rings. The van der Waals surface area contributed by atoms with Crippen LogP contribution in [0.15, 0.2) is 54.3 Å². The monoisotopic (exact) mass is 245 g/mol. The number of amides is 1. The van der Waals surface area contributed by atoms with Gasteiger partial charge >= 0.3 is 0 Å². The molecule has 4 nitrogen and oxygen atoms in total. The summed E-state index contributed by atoms with van der Waals surface area (Å²) in [6.07, 6.45) is 4.54. The summed E-state index contributed by atoms with van der Waals surface area (Å²) in [5, 5.41) is 22.0. The van der Waals surface area contributed by atoms with E-state index in [1.54, 1.807) is 36.4 Å². The van der Waals surface area contributed by atoms with E-state index in [2.05, 4.69) is 5.32 Å². The van der Waals surface area contributed by atoms with Crippen molar-refractivity contribution in [2.24, 2.45) is 5.92 Å². The summed E-state index contributed by atoms with van der Waals surface area (Å²) >= 11 is 0. The maximum absolute atomic E-state index is 11.9. The molecule has 1 amide bonds. The Hall–Kier alpha value is -1.91. The number of carbonyl (C=O) groups excluding carboxylic acids is 1. The smallest absolute Gasteiger partial charge is 0.255 e. The van der Waals surface area contributed by atoms with Gasteiger partial charge in [0.15, 0.2) is 0 Å². The molecule has 1 aromatic carbocycles. The maximum atomic E-state index is 11.9. The van der Waals surface area contributed by atoms with Crippen LogP contribution in [0, 0.1) is 5.92 Å². The highest BCUT2D eigenvalue weighted by Gasteiger charge is 2.30. The van der Waals surface area contributed by atoms with Crippen LogP contribution in [0.3, 0.4) is 0 Å². The minimum Gasteiger partial charge on any atom is -0.358 e. The molecule has 0 saturated heterocycles. The first kappa shape index (κ1) is 12.5. The third-order valence-electron chi connectivity index (χ3n) is 2.74. The van der Waals surface area contributed by atoms with Gasteiger partial charge in [0.1, 0.15) is 0 Å². The lowest BCUT2D eigenvalue weighted by Gasteiger charge is -2.26. The number of benzene rings is 1. The van der Waals surface area contributed by atoms with Gasteiger partial charge in [0, 0.05) is 5.56 Å². The summed E-state index contributed by atoms with van der Waals surface area (Å²) in [4.78, 5) is 11.9. The molecule has 0 aliphatic heterocycles. The van der Waals surface area contributed by atoms with Crippen molar-refractivity contribution in [3.8, 4) is 0 Å². The fraction of sp³-hybridized carbons (Fsp3) is 0.214. The van der Waals surface area contributed by atoms with E-state index in [1.165, 1.54) is 6.08 Å². The zero-order valence-electron chi connectivity index (χ0n) is 10.00. The van der Waals surface area contributed by atoms with Crippen LogP contribution in [0.25, 0.3) is 0 Å². The number of hydrogen-bond donors (Lipinski definition) is 3. The first-order valence-electron chi connectivity index (χ1n) is 5.72. The Bertz CT molecular complexity index is 503. The molecule has 1 atom stereocenters. The van der Waals surface area contributed by atoms with E-state index in [-0.39, 0.29) is 17.5 Å². The fourth-order valence-corrected chi connectivity index (χ4v) is 1.73. The van der Waals surface area contributed by atoms with Gasteiger partial charge in [-0.05, 0) is 24.1 Å². The predicted octanol–water partition coefficient (Wildman–Crippen LogP) is 1.19. The Morgan fingerprint density at radius 1 is 1.28 bits per heavy atom. The molecule has 1 aliphatic carbocycles. The van der Waals surface area contributed by atoms with Crippen molar-refractivity contribution in [3.05, 3.63) is 59.8 Å². The normalized spacial score (nSPS) is 21.3. The van der Waals surface area contributed by atoms with Crippen molar-refractivity contribution >= 4 is 5.91 Å². The summed E-state index contributed by atoms with van der Waals surface area (Å²) < 4.78 is 0. The highest BCUT2D eigenvalue weighted by molar-refractivity contribution is 5.95. The van der Waals surface area contributed by atoms with Crippen LogP contribution in [0.1, 0.15) is 17.3 Å². The van der Waals surface area contributed by atoms with Crippen molar-refractivity contribution < 1.29 is 15.0 Å². The van der Waals surface area contributed by atoms with Gasteiger partial charge in [0.05, 0.1) is 5.70 Å². The first-order valence-corrected chi connectivity index (χ1v) is 5.72. The minimum atomic E-state index is -2.11. The van der Waals surface area contributed by atoms with Crippen molar-refractivity contribution in [1.82, 2.24) is 5.32 Å². The summed E-state index contributed by atoms with van der Waals surface area (Å²) in [6.45, 7) is 1.89. The second-order valence-electron chi connectivity index (χ2n) is 4.34. The number of allylic oxidation sites excluding steroid dienone is 2. The lowest BCUT2D eigenvalue weighted by atomic mass is 9.98. The van der Waals surface area contributed by atoms with E-state index in [0.29, 0.717) is 5.56 Å². The Labute approximate surface area is 105 Å². The topological polar surface area (TPSA) is 69.6 Å². The zero-order chi connectivity index (χ0) is 13.2. The maximum Gasteiger partial charge on any atom is 0.255 e. The van der Waals surface area contributed by atoms with Gasteiger partial charge in [0.25, 0.3) is 5.91 Å². The van der Waals surface area contributed by atoms with Crippen LogP contribution in [0.5, 0.6) is 0 Å². The van der Waals surface area contributed by atoms with Gasteiger partial charge < -0.3 is 15.5 Å². The number of nitrogens with one attached hydrogen (secondary N) is 1. The second-order valence-corrected chi connectivity index (χ2v) is 4.34. The largest absolute Gasteiger partial charge is 0.358 e. The molecule has 1 unspecified atom stereocenters. The standard InChI is InChI=1S/C14H15NO3/c1-10-7-8-14(17,18)12(9-10)15-13(16)11-5-3-2-4-6-11/h2-10,17-18H,1H3,(H,15,16). The quantitative estimate of drug-likeness (QED) is 0.541. The summed E-state index contributed by atoms with van der Waals surface area (Å²) in [6, 6.07) is 8.63. The lowest BCUT2D eigenvalue weighted by molar-refractivity contribution is -0.0902. The van der Waals surface area contributed by atoms with Gasteiger partial charge in [-0.2, -0.15) is 0 Å². The molecule has 1 aliphatic rings. The molecule has 0 heterocycles. The van der Waals surface area contributed by atoms with E-state index in [1.807, 2.05) is 13.0 Å². The third-order valence-corrected chi connectivity index (χ3v) is 2.74. The zero-order valence-corrected chi connectivity index (χ0v) is 10.00. The fourth-order valence-electron chi connectivity index (χ4n) is 1.73. The Kier molecular flexibility index (Phi) is 3.32. The summed E-state index contributed by atoms with van der Waals surface area (Å²) in [5.41, 5.74) is 0.558. The van der Waals surface area contributed by atoms with Gasteiger partial charge in [-0.25, -0.2) is 0 Å². The lowest BCUT2D eigenvalue weighted by Crippen LogP contribution is -2.40. The number of hydrogen-bond acceptors (Lipinski definition) is 3. The van der Waals surface area contributed by atoms with Gasteiger partial charge in [-0.15, -0.1) is 0 Å². The molecular weight excluding hydrogens is 230 g/mol. The van der Waals surface area contributed by atoms with Crippen molar-refractivity contribution in [2.75, 3.05) is 0 Å². The van der Waals surface area contributed by atoms with Crippen molar-refractivity contribution in [3.63, 3.8) is 0 Å². The average molecular weight is 245 g/mol. The molecule has 3 N–H and O–H groups in total. The predicted molar refractivity (Wildman–Crippen MR) is 67.5 cm³/mol. The van der Waals surface area contributed by atoms with E-state index in [4.69, 9.17) is 0 Å². The third kappa shape index (κ3) is 2.67. The van der Waals surface area contributed by atoms with Crippen molar-refractivity contribution in [2.45, 2.75) is 12.7 Å².